The third kappa shape index (κ3) is 2.49. The summed E-state index contributed by atoms with van der Waals surface area (Å²) >= 11 is 1.38. The van der Waals surface area contributed by atoms with Gasteiger partial charge in [-0.05, 0) is 24.5 Å². The second-order valence-corrected chi connectivity index (χ2v) is 5.54. The molecule has 0 radical (unpaired) electrons. The summed E-state index contributed by atoms with van der Waals surface area (Å²) in [6.45, 7) is 4.09. The Labute approximate surface area is 117 Å². The van der Waals surface area contributed by atoms with Crippen LogP contribution in [0.2, 0.25) is 0 Å². The van der Waals surface area contributed by atoms with Gasteiger partial charge in [0.05, 0.1) is 12.8 Å². The molecular formula is C15H17NO2S. The van der Waals surface area contributed by atoms with Crippen molar-refractivity contribution in [2.24, 2.45) is 0 Å². The Morgan fingerprint density at radius 2 is 1.95 bits per heavy atom. The van der Waals surface area contributed by atoms with E-state index in [1.54, 1.807) is 0 Å². The van der Waals surface area contributed by atoms with Crippen molar-refractivity contribution in [3.8, 4) is 11.1 Å². The molecule has 0 aliphatic heterocycles. The molecule has 0 atom stereocenters. The Kier molecular flexibility index (Phi) is 3.90. The second kappa shape index (κ2) is 5.45. The number of carbonyl (C=O) groups is 1. The van der Waals surface area contributed by atoms with Gasteiger partial charge in [-0.3, -0.25) is 0 Å². The Hall–Kier alpha value is -1.81. The van der Waals surface area contributed by atoms with Gasteiger partial charge in [0.25, 0.3) is 0 Å². The molecule has 0 saturated heterocycles. The molecule has 100 valence electrons. The third-order valence-corrected chi connectivity index (χ3v) is 4.24. The van der Waals surface area contributed by atoms with Crippen molar-refractivity contribution in [1.29, 1.82) is 0 Å². The van der Waals surface area contributed by atoms with Gasteiger partial charge in [-0.2, -0.15) is 0 Å². The monoisotopic (exact) mass is 275 g/mol. The second-order valence-electron chi connectivity index (χ2n) is 4.32. The first-order chi connectivity index (χ1) is 9.08. The molecular weight excluding hydrogens is 258 g/mol. The number of esters is 1. The summed E-state index contributed by atoms with van der Waals surface area (Å²) in [6, 6.07) is 8.27. The lowest BCUT2D eigenvalue weighted by molar-refractivity contribution is 0.0607. The van der Waals surface area contributed by atoms with E-state index in [-0.39, 0.29) is 5.97 Å². The number of anilines is 1. The number of thiophene rings is 1. The lowest BCUT2D eigenvalue weighted by Crippen LogP contribution is -2.02. The van der Waals surface area contributed by atoms with E-state index in [0.717, 1.165) is 22.4 Å². The van der Waals surface area contributed by atoms with Gasteiger partial charge < -0.3 is 10.5 Å². The number of carbonyl (C=O) groups excluding carboxylic acids is 1. The topological polar surface area (TPSA) is 52.3 Å². The van der Waals surface area contributed by atoms with E-state index >= 15 is 0 Å². The minimum atomic E-state index is -0.373. The fourth-order valence-corrected chi connectivity index (χ4v) is 3.09. The lowest BCUT2D eigenvalue weighted by atomic mass is 10.0. The SMILES string of the molecule is CCc1ccc(-c2c(C)sc(C(=O)OC)c2N)cc1. The standard InChI is InChI=1S/C15H17NO2S/c1-4-10-5-7-11(8-6-10)12-9(2)19-14(13(12)16)15(17)18-3/h5-8H,4,16H2,1-3H3. The van der Waals surface area contributed by atoms with Crippen molar-refractivity contribution in [3.05, 3.63) is 39.6 Å². The summed E-state index contributed by atoms with van der Waals surface area (Å²) in [5, 5.41) is 0. The van der Waals surface area contributed by atoms with Crippen LogP contribution in [-0.2, 0) is 11.2 Å². The summed E-state index contributed by atoms with van der Waals surface area (Å²) in [6.07, 6.45) is 1.01. The Morgan fingerprint density at radius 3 is 2.47 bits per heavy atom. The molecule has 1 heterocycles. The predicted octanol–water partition coefficient (Wildman–Crippen LogP) is 3.65. The van der Waals surface area contributed by atoms with Crippen molar-refractivity contribution in [2.75, 3.05) is 12.8 Å². The molecule has 0 aliphatic carbocycles. The molecule has 19 heavy (non-hydrogen) atoms. The van der Waals surface area contributed by atoms with Crippen molar-refractivity contribution in [3.63, 3.8) is 0 Å². The first-order valence-electron chi connectivity index (χ1n) is 6.15. The summed E-state index contributed by atoms with van der Waals surface area (Å²) in [4.78, 5) is 13.2. The number of methoxy groups -OCH3 is 1. The number of hydrogen-bond donors (Lipinski definition) is 1. The maximum atomic E-state index is 11.6. The third-order valence-electron chi connectivity index (χ3n) is 3.14. The van der Waals surface area contributed by atoms with E-state index in [4.69, 9.17) is 10.5 Å². The number of nitrogen functional groups attached to an aromatic ring is 1. The molecule has 0 saturated carbocycles. The van der Waals surface area contributed by atoms with E-state index in [2.05, 4.69) is 19.1 Å². The number of aryl methyl sites for hydroxylation is 2. The fourth-order valence-electron chi connectivity index (χ4n) is 2.07. The molecule has 2 N–H and O–H groups in total. The molecule has 0 fully saturated rings. The molecule has 0 bridgehead atoms. The Bertz CT molecular complexity index is 599. The summed E-state index contributed by atoms with van der Waals surface area (Å²) in [5.74, 6) is -0.373. The highest BCUT2D eigenvalue weighted by Gasteiger charge is 2.20. The first kappa shape index (κ1) is 13.6. The molecule has 0 aliphatic rings. The molecule has 1 aromatic heterocycles. The summed E-state index contributed by atoms with van der Waals surface area (Å²) in [5.41, 5.74) is 9.86. The highest BCUT2D eigenvalue weighted by Crippen LogP contribution is 2.38. The number of nitrogens with two attached hydrogens (primary N) is 1. The zero-order valence-electron chi connectivity index (χ0n) is 11.3. The van der Waals surface area contributed by atoms with Gasteiger partial charge in [-0.15, -0.1) is 11.3 Å². The van der Waals surface area contributed by atoms with Crippen LogP contribution in [0.25, 0.3) is 11.1 Å². The molecule has 2 rings (SSSR count). The minimum Gasteiger partial charge on any atom is -0.465 e. The van der Waals surface area contributed by atoms with Crippen molar-refractivity contribution < 1.29 is 9.53 Å². The van der Waals surface area contributed by atoms with Crippen molar-refractivity contribution >= 4 is 23.0 Å². The maximum absolute atomic E-state index is 11.6. The highest BCUT2D eigenvalue weighted by molar-refractivity contribution is 7.15. The normalized spacial score (nSPS) is 10.5. The molecule has 3 nitrogen and oxygen atoms in total. The number of benzene rings is 1. The smallest absolute Gasteiger partial charge is 0.350 e. The largest absolute Gasteiger partial charge is 0.465 e. The van der Waals surface area contributed by atoms with Crippen LogP contribution in [-0.4, -0.2) is 13.1 Å². The van der Waals surface area contributed by atoms with Crippen LogP contribution in [0, 0.1) is 6.92 Å². The summed E-state index contributed by atoms with van der Waals surface area (Å²) < 4.78 is 4.75. The van der Waals surface area contributed by atoms with Gasteiger partial charge in [0.2, 0.25) is 0 Å². The van der Waals surface area contributed by atoms with Gasteiger partial charge in [-0.1, -0.05) is 31.2 Å². The van der Waals surface area contributed by atoms with Gasteiger partial charge in [0, 0.05) is 10.4 Å². The van der Waals surface area contributed by atoms with Crippen LogP contribution in [0.1, 0.15) is 27.0 Å². The van der Waals surface area contributed by atoms with Crippen LogP contribution < -0.4 is 5.73 Å². The lowest BCUT2D eigenvalue weighted by Gasteiger charge is -2.04. The van der Waals surface area contributed by atoms with Gasteiger partial charge in [0.1, 0.15) is 4.88 Å². The maximum Gasteiger partial charge on any atom is 0.350 e. The number of hydrogen-bond acceptors (Lipinski definition) is 4. The van der Waals surface area contributed by atoms with Crippen LogP contribution >= 0.6 is 11.3 Å². The van der Waals surface area contributed by atoms with E-state index < -0.39 is 0 Å². The van der Waals surface area contributed by atoms with Crippen LogP contribution in [0.3, 0.4) is 0 Å². The predicted molar refractivity (Wildman–Crippen MR) is 79.6 cm³/mol. The van der Waals surface area contributed by atoms with E-state index in [9.17, 15) is 4.79 Å². The molecule has 0 spiro atoms. The molecule has 2 aromatic rings. The van der Waals surface area contributed by atoms with Crippen LogP contribution in [0.5, 0.6) is 0 Å². The fraction of sp³-hybridized carbons (Fsp3) is 0.267. The van der Waals surface area contributed by atoms with Crippen LogP contribution in [0.4, 0.5) is 5.69 Å². The number of ether oxygens (including phenoxy) is 1. The highest BCUT2D eigenvalue weighted by atomic mass is 32.1. The Balaban J connectivity index is 2.49. The zero-order valence-corrected chi connectivity index (χ0v) is 12.1. The van der Waals surface area contributed by atoms with Crippen molar-refractivity contribution in [1.82, 2.24) is 0 Å². The quantitative estimate of drug-likeness (QED) is 0.870. The average molecular weight is 275 g/mol. The number of rotatable bonds is 3. The van der Waals surface area contributed by atoms with Gasteiger partial charge in [-0.25, -0.2) is 4.79 Å². The molecule has 4 heteroatoms. The summed E-state index contributed by atoms with van der Waals surface area (Å²) in [7, 11) is 1.37. The van der Waals surface area contributed by atoms with E-state index in [0.29, 0.717) is 10.6 Å². The Morgan fingerprint density at radius 1 is 1.32 bits per heavy atom. The molecule has 0 amide bonds. The van der Waals surface area contributed by atoms with E-state index in [1.165, 1.54) is 24.0 Å². The van der Waals surface area contributed by atoms with Gasteiger partial charge in [0.15, 0.2) is 0 Å². The first-order valence-corrected chi connectivity index (χ1v) is 6.96. The van der Waals surface area contributed by atoms with E-state index in [1.807, 2.05) is 19.1 Å². The van der Waals surface area contributed by atoms with Crippen molar-refractivity contribution in [2.45, 2.75) is 20.3 Å². The molecule has 1 aromatic carbocycles. The average Bonchev–Trinajstić information content (AvgIpc) is 2.73. The van der Waals surface area contributed by atoms with Gasteiger partial charge >= 0.3 is 5.97 Å². The van der Waals surface area contributed by atoms with Crippen LogP contribution in [0.15, 0.2) is 24.3 Å². The molecule has 0 unspecified atom stereocenters. The minimum absolute atomic E-state index is 0.373. The zero-order chi connectivity index (χ0) is 14.0.